The van der Waals surface area contributed by atoms with Crippen LogP contribution in [0.15, 0.2) is 11.6 Å². The number of hydrogen-bond acceptors (Lipinski definition) is 2. The second-order valence-electron chi connectivity index (χ2n) is 14.3. The standard InChI is InChI=1S/C29H48O2/c1-19-20-9-12-28(6)24(26(20,4)11-10-23(19)31)8-7-21-22-17-25(2,3)13-15-29(22,18-30)16-14-27(21,28)5/h7,19-20,22-24,30-31H,8-18H2,1-6H3. The van der Waals surface area contributed by atoms with E-state index in [1.54, 1.807) is 5.57 Å². The second-order valence-corrected chi connectivity index (χ2v) is 14.3. The van der Waals surface area contributed by atoms with E-state index in [4.69, 9.17) is 0 Å². The van der Waals surface area contributed by atoms with Gasteiger partial charge in [-0.2, -0.15) is 0 Å². The van der Waals surface area contributed by atoms with E-state index in [1.165, 1.54) is 57.8 Å². The molecule has 0 spiro atoms. The van der Waals surface area contributed by atoms with Crippen LogP contribution >= 0.6 is 0 Å². The van der Waals surface area contributed by atoms with Crippen molar-refractivity contribution in [3.8, 4) is 0 Å². The highest BCUT2D eigenvalue weighted by atomic mass is 16.3. The number of aliphatic hydroxyl groups is 2. The molecule has 0 amide bonds. The zero-order valence-electron chi connectivity index (χ0n) is 21.1. The molecule has 9 unspecified atom stereocenters. The molecule has 0 aromatic rings. The first-order valence-corrected chi connectivity index (χ1v) is 13.4. The van der Waals surface area contributed by atoms with Crippen LogP contribution in [0.5, 0.6) is 0 Å². The van der Waals surface area contributed by atoms with Crippen molar-refractivity contribution in [1.29, 1.82) is 0 Å². The third-order valence-electron chi connectivity index (χ3n) is 12.7. The fraction of sp³-hybridized carbons (Fsp3) is 0.931. The van der Waals surface area contributed by atoms with E-state index in [0.29, 0.717) is 40.6 Å². The molecule has 0 aliphatic heterocycles. The Morgan fingerprint density at radius 1 is 0.935 bits per heavy atom. The lowest BCUT2D eigenvalue weighted by Crippen LogP contribution is -2.63. The Bertz CT molecular complexity index is 769. The molecule has 176 valence electrons. The summed E-state index contributed by atoms with van der Waals surface area (Å²) in [6, 6.07) is 0. The van der Waals surface area contributed by atoms with Crippen molar-refractivity contribution in [1.82, 2.24) is 0 Å². The Hall–Kier alpha value is -0.340. The van der Waals surface area contributed by atoms with Gasteiger partial charge in [-0.1, -0.05) is 53.2 Å². The molecule has 0 heterocycles. The first-order chi connectivity index (χ1) is 14.4. The van der Waals surface area contributed by atoms with Crippen LogP contribution in [0.1, 0.15) is 106 Å². The van der Waals surface area contributed by atoms with Crippen LogP contribution in [-0.2, 0) is 0 Å². The highest BCUT2D eigenvalue weighted by Crippen LogP contribution is 2.74. The highest BCUT2D eigenvalue weighted by Gasteiger charge is 2.66. The summed E-state index contributed by atoms with van der Waals surface area (Å²) in [5.74, 6) is 2.40. The summed E-state index contributed by atoms with van der Waals surface area (Å²) in [5, 5.41) is 21.2. The fourth-order valence-corrected chi connectivity index (χ4v) is 10.2. The number of aliphatic hydroxyl groups excluding tert-OH is 2. The summed E-state index contributed by atoms with van der Waals surface area (Å²) in [6.45, 7) is 15.5. The largest absolute Gasteiger partial charge is 0.396 e. The van der Waals surface area contributed by atoms with Crippen molar-refractivity contribution in [2.75, 3.05) is 6.61 Å². The quantitative estimate of drug-likeness (QED) is 0.453. The fourth-order valence-electron chi connectivity index (χ4n) is 10.2. The smallest absolute Gasteiger partial charge is 0.0568 e. The van der Waals surface area contributed by atoms with Gasteiger partial charge in [-0.25, -0.2) is 0 Å². The summed E-state index contributed by atoms with van der Waals surface area (Å²) in [6.07, 6.45) is 14.8. The molecule has 4 saturated carbocycles. The molecule has 2 nitrogen and oxygen atoms in total. The summed E-state index contributed by atoms with van der Waals surface area (Å²) in [4.78, 5) is 0. The van der Waals surface area contributed by atoms with E-state index in [1.807, 2.05) is 0 Å². The van der Waals surface area contributed by atoms with Gasteiger partial charge in [0.2, 0.25) is 0 Å². The van der Waals surface area contributed by atoms with E-state index in [2.05, 4.69) is 47.6 Å². The Kier molecular flexibility index (Phi) is 4.96. The zero-order valence-corrected chi connectivity index (χ0v) is 21.1. The molecule has 0 bridgehead atoms. The van der Waals surface area contributed by atoms with Crippen LogP contribution in [0.2, 0.25) is 0 Å². The monoisotopic (exact) mass is 428 g/mol. The SMILES string of the molecule is CC1C(O)CCC2(C)C1CCC1(C)C2CC=C2C3CC(C)(C)CCC3(CO)CCC21C. The number of rotatable bonds is 1. The van der Waals surface area contributed by atoms with E-state index in [9.17, 15) is 10.2 Å². The van der Waals surface area contributed by atoms with Crippen molar-refractivity contribution in [2.45, 2.75) is 112 Å². The molecule has 31 heavy (non-hydrogen) atoms. The van der Waals surface area contributed by atoms with Gasteiger partial charge in [0.05, 0.1) is 6.10 Å². The van der Waals surface area contributed by atoms with Crippen LogP contribution < -0.4 is 0 Å². The molecule has 0 radical (unpaired) electrons. The van der Waals surface area contributed by atoms with Gasteiger partial charge in [-0.05, 0) is 110 Å². The minimum Gasteiger partial charge on any atom is -0.396 e. The van der Waals surface area contributed by atoms with Crippen molar-refractivity contribution < 1.29 is 10.2 Å². The summed E-state index contributed by atoms with van der Waals surface area (Å²) in [5.41, 5.74) is 3.22. The number of hydrogen-bond donors (Lipinski definition) is 2. The molecule has 9 atom stereocenters. The van der Waals surface area contributed by atoms with E-state index >= 15 is 0 Å². The lowest BCUT2D eigenvalue weighted by molar-refractivity contribution is -0.182. The summed E-state index contributed by atoms with van der Waals surface area (Å²) < 4.78 is 0. The van der Waals surface area contributed by atoms with Crippen molar-refractivity contribution in [3.05, 3.63) is 11.6 Å². The van der Waals surface area contributed by atoms with Crippen LogP contribution in [0.25, 0.3) is 0 Å². The van der Waals surface area contributed by atoms with E-state index in [0.717, 1.165) is 12.3 Å². The molecule has 5 rings (SSSR count). The van der Waals surface area contributed by atoms with Gasteiger partial charge in [0, 0.05) is 12.0 Å². The minimum absolute atomic E-state index is 0.1000. The Morgan fingerprint density at radius 3 is 2.35 bits per heavy atom. The number of fused-ring (bicyclic) bond motifs is 7. The average molecular weight is 429 g/mol. The first kappa shape index (κ1) is 22.5. The Morgan fingerprint density at radius 2 is 1.65 bits per heavy atom. The molecular formula is C29H48O2. The van der Waals surface area contributed by atoms with Gasteiger partial charge in [0.25, 0.3) is 0 Å². The molecule has 2 N–H and O–H groups in total. The topological polar surface area (TPSA) is 40.5 Å². The maximum atomic E-state index is 10.6. The molecule has 0 saturated heterocycles. The molecule has 0 aromatic carbocycles. The number of allylic oxidation sites excluding steroid dienone is 2. The maximum absolute atomic E-state index is 10.6. The lowest BCUT2D eigenvalue weighted by atomic mass is 9.34. The Balaban J connectivity index is 1.57. The van der Waals surface area contributed by atoms with Gasteiger partial charge in [0.1, 0.15) is 0 Å². The predicted molar refractivity (Wildman–Crippen MR) is 128 cm³/mol. The molecule has 2 heteroatoms. The van der Waals surface area contributed by atoms with Gasteiger partial charge in [0.15, 0.2) is 0 Å². The Labute approximate surface area is 191 Å². The third kappa shape index (κ3) is 2.82. The lowest BCUT2D eigenvalue weighted by Gasteiger charge is -2.70. The van der Waals surface area contributed by atoms with Crippen molar-refractivity contribution in [3.63, 3.8) is 0 Å². The average Bonchev–Trinajstić information content (AvgIpc) is 2.71. The van der Waals surface area contributed by atoms with E-state index < -0.39 is 0 Å². The molecule has 5 aliphatic rings. The van der Waals surface area contributed by atoms with Crippen molar-refractivity contribution >= 4 is 0 Å². The van der Waals surface area contributed by atoms with Crippen LogP contribution in [0, 0.1) is 50.7 Å². The van der Waals surface area contributed by atoms with E-state index in [-0.39, 0.29) is 16.9 Å². The zero-order chi connectivity index (χ0) is 22.4. The first-order valence-electron chi connectivity index (χ1n) is 13.4. The molecule has 5 aliphatic carbocycles. The summed E-state index contributed by atoms with van der Waals surface area (Å²) in [7, 11) is 0. The highest BCUT2D eigenvalue weighted by molar-refractivity contribution is 5.33. The predicted octanol–water partition coefficient (Wildman–Crippen LogP) is 6.75. The molecular weight excluding hydrogens is 380 g/mol. The van der Waals surface area contributed by atoms with Crippen LogP contribution in [-0.4, -0.2) is 22.9 Å². The van der Waals surface area contributed by atoms with Gasteiger partial charge in [-0.15, -0.1) is 0 Å². The van der Waals surface area contributed by atoms with Crippen LogP contribution in [0.4, 0.5) is 0 Å². The van der Waals surface area contributed by atoms with Crippen molar-refractivity contribution in [2.24, 2.45) is 50.7 Å². The van der Waals surface area contributed by atoms with Gasteiger partial charge in [-0.3, -0.25) is 0 Å². The molecule has 4 fully saturated rings. The summed E-state index contributed by atoms with van der Waals surface area (Å²) >= 11 is 0. The van der Waals surface area contributed by atoms with Gasteiger partial charge < -0.3 is 10.2 Å². The molecule has 0 aromatic heterocycles. The third-order valence-corrected chi connectivity index (χ3v) is 12.7. The second kappa shape index (κ2) is 6.84. The minimum atomic E-state index is -0.1000. The normalized spacial score (nSPS) is 55.9. The van der Waals surface area contributed by atoms with Crippen LogP contribution in [0.3, 0.4) is 0 Å². The van der Waals surface area contributed by atoms with Gasteiger partial charge >= 0.3 is 0 Å². The maximum Gasteiger partial charge on any atom is 0.0568 e.